The highest BCUT2D eigenvalue weighted by atomic mass is 35.5. The molecule has 132 valence electrons. The first-order valence-electron chi connectivity index (χ1n) is 6.63. The zero-order chi connectivity index (χ0) is 17.0. The highest BCUT2D eigenvalue weighted by Crippen LogP contribution is 2.32. The maximum Gasteiger partial charge on any atom is 0.416 e. The van der Waals surface area contributed by atoms with Gasteiger partial charge >= 0.3 is 6.18 Å². The van der Waals surface area contributed by atoms with Gasteiger partial charge in [0, 0.05) is 19.3 Å². The molecule has 1 aromatic carbocycles. The van der Waals surface area contributed by atoms with Gasteiger partial charge in [0.25, 0.3) is 5.91 Å². The summed E-state index contributed by atoms with van der Waals surface area (Å²) in [6.45, 7) is 0.111. The number of rotatable bonds is 5. The van der Waals surface area contributed by atoms with E-state index in [2.05, 4.69) is 5.32 Å². The van der Waals surface area contributed by atoms with Gasteiger partial charge in [-0.1, -0.05) is 0 Å². The van der Waals surface area contributed by atoms with E-state index in [1.165, 1.54) is 19.2 Å². The molecule has 5 nitrogen and oxygen atoms in total. The number of hydrogen-bond donors (Lipinski definition) is 2. The summed E-state index contributed by atoms with van der Waals surface area (Å²) in [5, 5.41) is 2.37. The van der Waals surface area contributed by atoms with Crippen molar-refractivity contribution >= 4 is 24.0 Å². The van der Waals surface area contributed by atoms with Crippen molar-refractivity contribution in [3.8, 4) is 0 Å². The zero-order valence-corrected chi connectivity index (χ0v) is 13.5. The molecular formula is C15H16ClF3N2O3. The van der Waals surface area contributed by atoms with Crippen molar-refractivity contribution in [1.82, 2.24) is 0 Å². The molecule has 1 aromatic heterocycles. The molecule has 0 aliphatic rings. The van der Waals surface area contributed by atoms with Gasteiger partial charge in [-0.15, -0.1) is 12.4 Å². The topological polar surface area (TPSA) is 77.5 Å². The molecule has 2 rings (SSSR count). The van der Waals surface area contributed by atoms with E-state index in [9.17, 15) is 18.0 Å². The fourth-order valence-electron chi connectivity index (χ4n) is 1.96. The van der Waals surface area contributed by atoms with Crippen molar-refractivity contribution in [2.45, 2.75) is 19.3 Å². The fourth-order valence-corrected chi connectivity index (χ4v) is 1.96. The number of nitrogens with one attached hydrogen (secondary N) is 1. The van der Waals surface area contributed by atoms with Crippen LogP contribution in [-0.4, -0.2) is 13.0 Å². The first-order chi connectivity index (χ1) is 10.8. The standard InChI is InChI=1S/C15H15F3N2O3.ClH/c1-22-8-12-2-3-13(23-12)14(21)20-11-5-9(7-19)4-10(6-11)15(16,17)18;/h2-6H,7-8,19H2,1H3,(H,20,21);1H. The minimum atomic E-state index is -4.53. The number of nitrogens with two attached hydrogens (primary N) is 1. The number of ether oxygens (including phenoxy) is 1. The minimum absolute atomic E-state index is 0. The maximum atomic E-state index is 12.8. The van der Waals surface area contributed by atoms with Crippen LogP contribution in [0.25, 0.3) is 0 Å². The lowest BCUT2D eigenvalue weighted by Crippen LogP contribution is -2.14. The van der Waals surface area contributed by atoms with Gasteiger partial charge in [0.1, 0.15) is 12.4 Å². The Bertz CT molecular complexity index is 702. The normalized spacial score (nSPS) is 11.0. The number of alkyl halides is 3. The molecule has 0 bridgehead atoms. The predicted molar refractivity (Wildman–Crippen MR) is 84.0 cm³/mol. The van der Waals surface area contributed by atoms with Gasteiger partial charge in [0.2, 0.25) is 0 Å². The van der Waals surface area contributed by atoms with Crippen LogP contribution in [0.5, 0.6) is 0 Å². The number of carbonyl (C=O) groups excluding carboxylic acids is 1. The summed E-state index contributed by atoms with van der Waals surface area (Å²) in [5.74, 6) is -0.247. The fraction of sp³-hybridized carbons (Fsp3) is 0.267. The molecule has 0 saturated heterocycles. The Hall–Kier alpha value is -2.03. The van der Waals surface area contributed by atoms with Crippen LogP contribution in [0.15, 0.2) is 34.7 Å². The van der Waals surface area contributed by atoms with E-state index in [4.69, 9.17) is 14.9 Å². The Balaban J connectivity index is 0.00000288. The Morgan fingerprint density at radius 2 is 2.00 bits per heavy atom. The highest BCUT2D eigenvalue weighted by molar-refractivity contribution is 6.02. The lowest BCUT2D eigenvalue weighted by Gasteiger charge is -2.12. The molecular weight excluding hydrogens is 349 g/mol. The Labute approximate surface area is 142 Å². The molecule has 0 atom stereocenters. The van der Waals surface area contributed by atoms with Crippen LogP contribution in [0.2, 0.25) is 0 Å². The van der Waals surface area contributed by atoms with Gasteiger partial charge in [-0.2, -0.15) is 13.2 Å². The molecule has 24 heavy (non-hydrogen) atoms. The average molecular weight is 365 g/mol. The van der Waals surface area contributed by atoms with Gasteiger partial charge in [-0.05, 0) is 35.9 Å². The molecule has 0 radical (unpaired) electrons. The van der Waals surface area contributed by atoms with Crippen LogP contribution < -0.4 is 11.1 Å². The second-order valence-corrected chi connectivity index (χ2v) is 4.77. The van der Waals surface area contributed by atoms with E-state index in [1.807, 2.05) is 0 Å². The summed E-state index contributed by atoms with van der Waals surface area (Å²) in [4.78, 5) is 12.0. The van der Waals surface area contributed by atoms with Crippen molar-refractivity contribution in [3.63, 3.8) is 0 Å². The second-order valence-electron chi connectivity index (χ2n) is 4.77. The summed E-state index contributed by atoms with van der Waals surface area (Å²) in [6, 6.07) is 6.14. The monoisotopic (exact) mass is 364 g/mol. The third-order valence-electron chi connectivity index (χ3n) is 2.99. The molecule has 0 saturated carbocycles. The summed E-state index contributed by atoms with van der Waals surface area (Å²) >= 11 is 0. The Kier molecular flexibility index (Phi) is 6.82. The van der Waals surface area contributed by atoms with E-state index < -0.39 is 17.6 Å². The van der Waals surface area contributed by atoms with Crippen LogP contribution in [0.4, 0.5) is 18.9 Å². The number of methoxy groups -OCH3 is 1. The van der Waals surface area contributed by atoms with Crippen LogP contribution >= 0.6 is 12.4 Å². The third-order valence-corrected chi connectivity index (χ3v) is 2.99. The summed E-state index contributed by atoms with van der Waals surface area (Å²) < 4.78 is 48.6. The average Bonchev–Trinajstić information content (AvgIpc) is 2.95. The molecule has 9 heteroatoms. The molecule has 0 unspecified atom stereocenters. The van der Waals surface area contributed by atoms with Crippen LogP contribution in [0.1, 0.15) is 27.4 Å². The van der Waals surface area contributed by atoms with Gasteiger partial charge in [0.05, 0.1) is 5.56 Å². The maximum absolute atomic E-state index is 12.8. The van der Waals surface area contributed by atoms with Crippen molar-refractivity contribution in [2.24, 2.45) is 5.73 Å². The van der Waals surface area contributed by atoms with E-state index in [0.717, 1.165) is 12.1 Å². The van der Waals surface area contributed by atoms with Crippen LogP contribution in [0, 0.1) is 0 Å². The van der Waals surface area contributed by atoms with Gasteiger partial charge in [-0.25, -0.2) is 0 Å². The van der Waals surface area contributed by atoms with E-state index >= 15 is 0 Å². The number of anilines is 1. The summed E-state index contributed by atoms with van der Waals surface area (Å²) in [5.41, 5.74) is 4.77. The van der Waals surface area contributed by atoms with Crippen LogP contribution in [0.3, 0.4) is 0 Å². The number of halogens is 4. The molecule has 1 amide bonds. The predicted octanol–water partition coefficient (Wildman–Crippen LogP) is 3.58. The molecule has 1 heterocycles. The Morgan fingerprint density at radius 3 is 2.58 bits per heavy atom. The smallest absolute Gasteiger partial charge is 0.416 e. The number of furan rings is 1. The van der Waals surface area contributed by atoms with Crippen molar-refractivity contribution < 1.29 is 27.1 Å². The second kappa shape index (κ2) is 8.18. The van der Waals surface area contributed by atoms with E-state index in [-0.39, 0.29) is 42.6 Å². The molecule has 0 fully saturated rings. The van der Waals surface area contributed by atoms with Crippen LogP contribution in [-0.2, 0) is 24.1 Å². The first kappa shape index (κ1) is 20.0. The van der Waals surface area contributed by atoms with Crippen molar-refractivity contribution in [1.29, 1.82) is 0 Å². The van der Waals surface area contributed by atoms with Gasteiger partial charge < -0.3 is 20.2 Å². The van der Waals surface area contributed by atoms with Crippen molar-refractivity contribution in [2.75, 3.05) is 12.4 Å². The van der Waals surface area contributed by atoms with Gasteiger partial charge in [-0.3, -0.25) is 4.79 Å². The Morgan fingerprint density at radius 1 is 1.29 bits per heavy atom. The lowest BCUT2D eigenvalue weighted by atomic mass is 10.1. The van der Waals surface area contributed by atoms with Crippen molar-refractivity contribution in [3.05, 3.63) is 53.0 Å². The largest absolute Gasteiger partial charge is 0.453 e. The zero-order valence-electron chi connectivity index (χ0n) is 12.6. The van der Waals surface area contributed by atoms with E-state index in [0.29, 0.717) is 5.76 Å². The third kappa shape index (κ3) is 4.98. The van der Waals surface area contributed by atoms with E-state index in [1.54, 1.807) is 6.07 Å². The number of benzene rings is 1. The number of amides is 1. The lowest BCUT2D eigenvalue weighted by molar-refractivity contribution is -0.137. The summed E-state index contributed by atoms with van der Waals surface area (Å²) in [6.07, 6.45) is -4.53. The highest BCUT2D eigenvalue weighted by Gasteiger charge is 2.31. The molecule has 0 aliphatic heterocycles. The number of carbonyl (C=O) groups is 1. The minimum Gasteiger partial charge on any atom is -0.453 e. The molecule has 2 aromatic rings. The summed E-state index contributed by atoms with van der Waals surface area (Å²) in [7, 11) is 1.47. The number of hydrogen-bond acceptors (Lipinski definition) is 4. The first-order valence-corrected chi connectivity index (χ1v) is 6.63. The van der Waals surface area contributed by atoms with Gasteiger partial charge in [0.15, 0.2) is 5.76 Å². The molecule has 0 aliphatic carbocycles. The SMILES string of the molecule is COCc1ccc(C(=O)Nc2cc(CN)cc(C(F)(F)F)c2)o1.Cl. The quantitative estimate of drug-likeness (QED) is 0.850. The molecule has 0 spiro atoms. The molecule has 3 N–H and O–H groups in total.